The van der Waals surface area contributed by atoms with Gasteiger partial charge in [0, 0.05) is 12.2 Å². The number of esters is 1. The second-order valence-electron chi connectivity index (χ2n) is 6.62. The summed E-state index contributed by atoms with van der Waals surface area (Å²) in [7, 11) is 0. The number of nitrogens with one attached hydrogen (secondary N) is 2. The van der Waals surface area contributed by atoms with Crippen LogP contribution in [0, 0.1) is 19.8 Å². The SMILES string of the molecule is CCOC(=O)c1c(C)[nH]c(C(=O)[C@H](C)Sc2nnc(NCC(C)C)s2)c1C. The lowest BCUT2D eigenvalue weighted by molar-refractivity contribution is 0.0525. The van der Waals surface area contributed by atoms with Gasteiger partial charge in [0.25, 0.3) is 0 Å². The fourth-order valence-corrected chi connectivity index (χ4v) is 4.50. The molecule has 2 N–H and O–H groups in total. The van der Waals surface area contributed by atoms with Crippen LogP contribution in [0.3, 0.4) is 0 Å². The van der Waals surface area contributed by atoms with E-state index >= 15 is 0 Å². The minimum absolute atomic E-state index is 0.0805. The van der Waals surface area contributed by atoms with Crippen molar-refractivity contribution in [3.8, 4) is 0 Å². The number of rotatable bonds is 9. The molecule has 0 spiro atoms. The zero-order chi connectivity index (χ0) is 20.1. The Bertz CT molecular complexity index is 814. The first-order valence-corrected chi connectivity index (χ1v) is 10.6. The minimum Gasteiger partial charge on any atom is -0.462 e. The standard InChI is InChI=1S/C18H26N4O3S2/c1-7-25-16(24)13-10(4)14(20-11(13)5)15(23)12(6)26-18-22-21-17(27-18)19-8-9(2)3/h9,12,20H,7-8H2,1-6H3,(H,19,21)/t12-/m0/s1. The Morgan fingerprint density at radius 3 is 2.59 bits per heavy atom. The predicted octanol–water partition coefficient (Wildman–Crippen LogP) is 4.09. The third-order valence-corrected chi connectivity index (χ3v) is 5.94. The van der Waals surface area contributed by atoms with Crippen molar-refractivity contribution >= 4 is 40.0 Å². The van der Waals surface area contributed by atoms with E-state index in [9.17, 15) is 9.59 Å². The number of thioether (sulfide) groups is 1. The number of aromatic amines is 1. The Balaban J connectivity index is 2.09. The Morgan fingerprint density at radius 2 is 1.96 bits per heavy atom. The molecule has 2 heterocycles. The summed E-state index contributed by atoms with van der Waals surface area (Å²) in [5, 5.41) is 11.9. The molecule has 0 saturated heterocycles. The van der Waals surface area contributed by atoms with Gasteiger partial charge in [-0.05, 0) is 39.2 Å². The first-order valence-electron chi connectivity index (χ1n) is 8.89. The van der Waals surface area contributed by atoms with Crippen LogP contribution in [0.25, 0.3) is 0 Å². The van der Waals surface area contributed by atoms with E-state index in [0.29, 0.717) is 35.0 Å². The van der Waals surface area contributed by atoms with Crippen LogP contribution in [0.2, 0.25) is 0 Å². The molecule has 0 saturated carbocycles. The van der Waals surface area contributed by atoms with Gasteiger partial charge in [-0.15, -0.1) is 10.2 Å². The maximum absolute atomic E-state index is 12.9. The van der Waals surface area contributed by atoms with Crippen molar-refractivity contribution in [2.45, 2.75) is 51.1 Å². The lowest BCUT2D eigenvalue weighted by Gasteiger charge is -2.08. The van der Waals surface area contributed by atoms with E-state index in [1.807, 2.05) is 6.92 Å². The molecule has 2 aromatic heterocycles. The number of anilines is 1. The number of ketones is 1. The number of carbonyl (C=O) groups is 2. The quantitative estimate of drug-likeness (QED) is 0.365. The summed E-state index contributed by atoms with van der Waals surface area (Å²) in [6, 6.07) is 0. The zero-order valence-corrected chi connectivity index (χ0v) is 18.1. The molecule has 1 atom stereocenters. The molecular formula is C18H26N4O3S2. The summed E-state index contributed by atoms with van der Waals surface area (Å²) in [5.74, 6) is 0.0225. The van der Waals surface area contributed by atoms with Crippen molar-refractivity contribution < 1.29 is 14.3 Å². The van der Waals surface area contributed by atoms with Crippen molar-refractivity contribution in [1.82, 2.24) is 15.2 Å². The number of hydrogen-bond donors (Lipinski definition) is 2. The van der Waals surface area contributed by atoms with Gasteiger partial charge in [0.15, 0.2) is 10.1 Å². The van der Waals surface area contributed by atoms with Crippen molar-refractivity contribution in [3.63, 3.8) is 0 Å². The number of aryl methyl sites for hydroxylation is 1. The fourth-order valence-electron chi connectivity index (χ4n) is 2.53. The third kappa shape index (κ3) is 5.32. The van der Waals surface area contributed by atoms with Gasteiger partial charge in [-0.1, -0.05) is 36.9 Å². The van der Waals surface area contributed by atoms with Crippen LogP contribution in [0.15, 0.2) is 4.34 Å². The molecule has 9 heteroatoms. The van der Waals surface area contributed by atoms with E-state index in [1.165, 1.54) is 23.1 Å². The zero-order valence-electron chi connectivity index (χ0n) is 16.5. The normalized spacial score (nSPS) is 12.3. The second kappa shape index (κ2) is 9.36. The van der Waals surface area contributed by atoms with Gasteiger partial charge in [0.05, 0.1) is 23.1 Å². The largest absolute Gasteiger partial charge is 0.462 e. The van der Waals surface area contributed by atoms with Crippen molar-refractivity contribution in [1.29, 1.82) is 0 Å². The average Bonchev–Trinajstić information content (AvgIpc) is 3.16. The van der Waals surface area contributed by atoms with Crippen LogP contribution in [0.5, 0.6) is 0 Å². The van der Waals surface area contributed by atoms with Crippen LogP contribution >= 0.6 is 23.1 Å². The van der Waals surface area contributed by atoms with Gasteiger partial charge in [-0.2, -0.15) is 0 Å². The number of hydrogen-bond acceptors (Lipinski definition) is 8. The molecule has 0 aliphatic rings. The van der Waals surface area contributed by atoms with E-state index in [1.54, 1.807) is 20.8 Å². The summed E-state index contributed by atoms with van der Waals surface area (Å²) in [4.78, 5) is 28.0. The smallest absolute Gasteiger partial charge is 0.340 e. The van der Waals surface area contributed by atoms with Crippen molar-refractivity contribution in [2.75, 3.05) is 18.5 Å². The first-order chi connectivity index (χ1) is 12.7. The average molecular weight is 411 g/mol. The van der Waals surface area contributed by atoms with Crippen LogP contribution in [-0.4, -0.2) is 45.3 Å². The second-order valence-corrected chi connectivity index (χ2v) is 9.18. The highest BCUT2D eigenvalue weighted by molar-refractivity contribution is 8.02. The molecular weight excluding hydrogens is 384 g/mol. The first kappa shape index (κ1) is 21.4. The van der Waals surface area contributed by atoms with Crippen LogP contribution < -0.4 is 5.32 Å². The van der Waals surface area contributed by atoms with E-state index in [2.05, 4.69) is 34.3 Å². The molecule has 0 unspecified atom stereocenters. The summed E-state index contributed by atoms with van der Waals surface area (Å²) < 4.78 is 5.81. The summed E-state index contributed by atoms with van der Waals surface area (Å²) >= 11 is 2.80. The van der Waals surface area contributed by atoms with Crippen LogP contribution in [0.4, 0.5) is 5.13 Å². The number of aromatic nitrogens is 3. The molecule has 0 aliphatic carbocycles. The predicted molar refractivity (Wildman–Crippen MR) is 109 cm³/mol. The van der Waals surface area contributed by atoms with E-state index < -0.39 is 5.97 Å². The number of Topliss-reactive ketones (excluding diaryl/α,β-unsaturated/α-hetero) is 1. The van der Waals surface area contributed by atoms with E-state index in [-0.39, 0.29) is 11.0 Å². The van der Waals surface area contributed by atoms with Gasteiger partial charge in [-0.25, -0.2) is 4.79 Å². The van der Waals surface area contributed by atoms with Gasteiger partial charge >= 0.3 is 5.97 Å². The number of nitrogens with zero attached hydrogens (tertiary/aromatic N) is 2. The lowest BCUT2D eigenvalue weighted by Crippen LogP contribution is -2.15. The molecule has 2 rings (SSSR count). The highest BCUT2D eigenvalue weighted by atomic mass is 32.2. The molecule has 0 bridgehead atoms. The van der Waals surface area contributed by atoms with Crippen molar-refractivity contribution in [2.24, 2.45) is 5.92 Å². The number of carbonyl (C=O) groups excluding carboxylic acids is 2. The summed E-state index contributed by atoms with van der Waals surface area (Å²) in [6.07, 6.45) is 0. The molecule has 0 fully saturated rings. The monoisotopic (exact) mass is 410 g/mol. The van der Waals surface area contributed by atoms with Crippen molar-refractivity contribution in [3.05, 3.63) is 22.5 Å². The summed E-state index contributed by atoms with van der Waals surface area (Å²) in [5.41, 5.74) is 2.15. The summed E-state index contributed by atoms with van der Waals surface area (Å²) in [6.45, 7) is 12.5. The third-order valence-electron chi connectivity index (χ3n) is 3.88. The molecule has 0 aromatic carbocycles. The van der Waals surface area contributed by atoms with Gasteiger partial charge in [0.2, 0.25) is 5.13 Å². The van der Waals surface area contributed by atoms with Crippen LogP contribution in [-0.2, 0) is 4.74 Å². The highest BCUT2D eigenvalue weighted by Gasteiger charge is 2.26. The molecule has 0 amide bonds. The molecule has 27 heavy (non-hydrogen) atoms. The molecule has 2 aromatic rings. The Kier molecular flexibility index (Phi) is 7.43. The van der Waals surface area contributed by atoms with E-state index in [0.717, 1.165) is 16.0 Å². The number of H-pyrrole nitrogens is 1. The Labute approximate surface area is 167 Å². The molecule has 0 radical (unpaired) electrons. The molecule has 7 nitrogen and oxygen atoms in total. The Hall–Kier alpha value is -1.87. The lowest BCUT2D eigenvalue weighted by atomic mass is 10.1. The molecule has 0 aliphatic heterocycles. The van der Waals surface area contributed by atoms with Crippen LogP contribution in [0.1, 0.15) is 59.8 Å². The maximum Gasteiger partial charge on any atom is 0.340 e. The number of ether oxygens (including phenoxy) is 1. The van der Waals surface area contributed by atoms with Gasteiger partial charge < -0.3 is 15.0 Å². The van der Waals surface area contributed by atoms with E-state index in [4.69, 9.17) is 4.74 Å². The Morgan fingerprint density at radius 1 is 1.26 bits per heavy atom. The minimum atomic E-state index is -0.409. The van der Waals surface area contributed by atoms with Gasteiger partial charge in [-0.3, -0.25) is 4.79 Å². The highest BCUT2D eigenvalue weighted by Crippen LogP contribution is 2.31. The molecule has 148 valence electrons. The topological polar surface area (TPSA) is 97.0 Å². The maximum atomic E-state index is 12.9. The van der Waals surface area contributed by atoms with Gasteiger partial charge in [0.1, 0.15) is 0 Å². The fraction of sp³-hybridized carbons (Fsp3) is 0.556.